The van der Waals surface area contributed by atoms with E-state index in [0.717, 1.165) is 19.3 Å². The van der Waals surface area contributed by atoms with Crippen LogP contribution in [0.4, 0.5) is 0 Å². The molecule has 0 unspecified atom stereocenters. The number of aliphatic hydroxyl groups excluding tert-OH is 6. The third kappa shape index (κ3) is 6.54. The fourth-order valence-electron chi connectivity index (χ4n) is 3.57. The number of ether oxygens (including phenoxy) is 4. The molecule has 0 saturated carbocycles. The normalized spacial score (nSPS) is 38.6. The van der Waals surface area contributed by atoms with Crippen molar-refractivity contribution in [1.29, 1.82) is 0 Å². The Hall–Kier alpha value is -0.400. The van der Waals surface area contributed by atoms with Gasteiger partial charge in [0.25, 0.3) is 0 Å². The predicted molar refractivity (Wildman–Crippen MR) is 99.7 cm³/mol. The number of rotatable bonds is 13. The van der Waals surface area contributed by atoms with Crippen LogP contribution >= 0.6 is 0 Å². The van der Waals surface area contributed by atoms with E-state index in [1.54, 1.807) is 0 Å². The highest BCUT2D eigenvalue weighted by Crippen LogP contribution is 2.29. The zero-order valence-electron chi connectivity index (χ0n) is 16.9. The first-order chi connectivity index (χ1) is 13.9. The van der Waals surface area contributed by atoms with E-state index in [0.29, 0.717) is 6.61 Å². The van der Waals surface area contributed by atoms with Gasteiger partial charge in [0.15, 0.2) is 12.6 Å². The van der Waals surface area contributed by atoms with Crippen molar-refractivity contribution in [2.45, 2.75) is 101 Å². The molecular weight excluding hydrogens is 388 g/mol. The van der Waals surface area contributed by atoms with Crippen LogP contribution in [-0.2, 0) is 18.9 Å². The van der Waals surface area contributed by atoms with Crippen molar-refractivity contribution in [3.63, 3.8) is 0 Å². The van der Waals surface area contributed by atoms with Gasteiger partial charge in [0.2, 0.25) is 0 Å². The highest BCUT2D eigenvalue weighted by Gasteiger charge is 2.50. The Morgan fingerprint density at radius 2 is 1.45 bits per heavy atom. The van der Waals surface area contributed by atoms with Crippen LogP contribution < -0.4 is 0 Å². The monoisotopic (exact) mass is 424 g/mol. The van der Waals surface area contributed by atoms with Crippen molar-refractivity contribution in [2.24, 2.45) is 0 Å². The summed E-state index contributed by atoms with van der Waals surface area (Å²) in [6, 6.07) is 0. The van der Waals surface area contributed by atoms with Crippen LogP contribution in [0.1, 0.15) is 45.4 Å². The lowest BCUT2D eigenvalue weighted by atomic mass is 10.1. The van der Waals surface area contributed by atoms with Crippen molar-refractivity contribution in [3.05, 3.63) is 0 Å². The average molecular weight is 424 g/mol. The lowest BCUT2D eigenvalue weighted by molar-refractivity contribution is -0.240. The average Bonchev–Trinajstić information content (AvgIpc) is 3.16. The largest absolute Gasteiger partial charge is 0.394 e. The summed E-state index contributed by atoms with van der Waals surface area (Å²) in [6.45, 7) is 1.41. The van der Waals surface area contributed by atoms with Gasteiger partial charge < -0.3 is 49.6 Å². The van der Waals surface area contributed by atoms with Gasteiger partial charge in [-0.25, -0.2) is 0 Å². The number of unbranched alkanes of at least 4 members (excludes halogenated alkanes) is 5. The SMILES string of the molecule is CCCCCCCCO[C@@H]1O[C@H]([C@@H](CO)O[C@H]2O[C@H](CO)[C@@H](O)[C@@H]2O)[C@H](O)[C@H]1O. The first kappa shape index (κ1) is 24.9. The van der Waals surface area contributed by atoms with Crippen LogP contribution in [0.15, 0.2) is 0 Å². The maximum Gasteiger partial charge on any atom is 0.187 e. The quantitative estimate of drug-likeness (QED) is 0.195. The maximum absolute atomic E-state index is 10.3. The molecule has 0 aromatic rings. The molecule has 2 aliphatic rings. The molecule has 172 valence electrons. The van der Waals surface area contributed by atoms with E-state index in [4.69, 9.17) is 24.1 Å². The summed E-state index contributed by atoms with van der Waals surface area (Å²) in [7, 11) is 0. The number of hydrogen-bond acceptors (Lipinski definition) is 10. The summed E-state index contributed by atoms with van der Waals surface area (Å²) in [5.74, 6) is 0. The maximum atomic E-state index is 10.3. The van der Waals surface area contributed by atoms with Gasteiger partial charge in [0.05, 0.1) is 13.2 Å². The minimum atomic E-state index is -1.44. The second kappa shape index (κ2) is 12.5. The van der Waals surface area contributed by atoms with E-state index in [-0.39, 0.29) is 0 Å². The molecule has 0 spiro atoms. The molecule has 2 saturated heterocycles. The molecule has 0 radical (unpaired) electrons. The Kier molecular flexibility index (Phi) is 10.7. The number of aliphatic hydroxyl groups is 6. The standard InChI is InChI=1S/C19H36O10/c1-2-3-4-5-6-7-8-26-18-16(25)14(23)17(29-18)12(10-21)28-19-15(24)13(22)11(9-20)27-19/h11-25H,2-10H2,1H3/t11-,12-,13-,14-,15+,16-,17-,18-,19-/m1/s1. The van der Waals surface area contributed by atoms with Gasteiger partial charge in [0.1, 0.15) is 42.7 Å². The molecular formula is C19H36O10. The van der Waals surface area contributed by atoms with Crippen molar-refractivity contribution < 1.29 is 49.6 Å². The van der Waals surface area contributed by atoms with E-state index in [9.17, 15) is 25.5 Å². The van der Waals surface area contributed by atoms with E-state index < -0.39 is 68.5 Å². The molecule has 2 heterocycles. The molecule has 0 aromatic heterocycles. The topological polar surface area (TPSA) is 158 Å². The van der Waals surface area contributed by atoms with Crippen LogP contribution in [0.2, 0.25) is 0 Å². The third-order valence-electron chi connectivity index (χ3n) is 5.39. The molecule has 0 aromatic carbocycles. The first-order valence-electron chi connectivity index (χ1n) is 10.5. The first-order valence-corrected chi connectivity index (χ1v) is 10.5. The Morgan fingerprint density at radius 1 is 0.793 bits per heavy atom. The van der Waals surface area contributed by atoms with Crippen LogP contribution in [0.25, 0.3) is 0 Å². The zero-order chi connectivity index (χ0) is 21.4. The molecule has 0 aliphatic carbocycles. The molecule has 2 rings (SSSR count). The van der Waals surface area contributed by atoms with Crippen LogP contribution in [0, 0.1) is 0 Å². The molecule has 10 nitrogen and oxygen atoms in total. The minimum Gasteiger partial charge on any atom is -0.394 e. The molecule has 9 atom stereocenters. The lowest BCUT2D eigenvalue weighted by Crippen LogP contribution is -2.46. The highest BCUT2D eigenvalue weighted by molar-refractivity contribution is 4.93. The smallest absolute Gasteiger partial charge is 0.187 e. The van der Waals surface area contributed by atoms with E-state index in [1.165, 1.54) is 19.3 Å². The second-order valence-corrected chi connectivity index (χ2v) is 7.65. The van der Waals surface area contributed by atoms with Crippen LogP contribution in [0.5, 0.6) is 0 Å². The summed E-state index contributed by atoms with van der Waals surface area (Å²) in [5.41, 5.74) is 0. The molecule has 2 aliphatic heterocycles. The fraction of sp³-hybridized carbons (Fsp3) is 1.00. The second-order valence-electron chi connectivity index (χ2n) is 7.65. The number of hydrogen-bond donors (Lipinski definition) is 6. The highest BCUT2D eigenvalue weighted by atomic mass is 16.7. The van der Waals surface area contributed by atoms with Crippen molar-refractivity contribution in [3.8, 4) is 0 Å². The van der Waals surface area contributed by atoms with Crippen LogP contribution in [0.3, 0.4) is 0 Å². The van der Waals surface area contributed by atoms with E-state index in [1.807, 2.05) is 0 Å². The van der Waals surface area contributed by atoms with E-state index in [2.05, 4.69) is 6.92 Å². The molecule has 29 heavy (non-hydrogen) atoms. The van der Waals surface area contributed by atoms with Crippen molar-refractivity contribution >= 4 is 0 Å². The van der Waals surface area contributed by atoms with Gasteiger partial charge in [-0.15, -0.1) is 0 Å². The summed E-state index contributed by atoms with van der Waals surface area (Å²) < 4.78 is 21.8. The van der Waals surface area contributed by atoms with Gasteiger partial charge in [-0.05, 0) is 6.42 Å². The van der Waals surface area contributed by atoms with Crippen molar-refractivity contribution in [2.75, 3.05) is 19.8 Å². The van der Waals surface area contributed by atoms with E-state index >= 15 is 0 Å². The van der Waals surface area contributed by atoms with Gasteiger partial charge in [-0.1, -0.05) is 39.0 Å². The van der Waals surface area contributed by atoms with Crippen molar-refractivity contribution in [1.82, 2.24) is 0 Å². The molecule has 2 fully saturated rings. The van der Waals surface area contributed by atoms with Gasteiger partial charge in [-0.3, -0.25) is 0 Å². The van der Waals surface area contributed by atoms with Gasteiger partial charge in [-0.2, -0.15) is 0 Å². The molecule has 10 heteroatoms. The third-order valence-corrected chi connectivity index (χ3v) is 5.39. The summed E-state index contributed by atoms with van der Waals surface area (Å²) >= 11 is 0. The Morgan fingerprint density at radius 3 is 2.07 bits per heavy atom. The van der Waals surface area contributed by atoms with Crippen LogP contribution in [-0.4, -0.2) is 106 Å². The summed E-state index contributed by atoms with van der Waals surface area (Å²) in [6.07, 6.45) is -4.68. The molecule has 0 bridgehead atoms. The molecule has 6 N–H and O–H groups in total. The fourth-order valence-corrected chi connectivity index (χ4v) is 3.57. The Bertz CT molecular complexity index is 453. The molecule has 0 amide bonds. The zero-order valence-corrected chi connectivity index (χ0v) is 16.9. The van der Waals surface area contributed by atoms with Gasteiger partial charge >= 0.3 is 0 Å². The summed E-state index contributed by atoms with van der Waals surface area (Å²) in [4.78, 5) is 0. The minimum absolute atomic E-state index is 0.368. The Labute approximate surface area is 171 Å². The van der Waals surface area contributed by atoms with Gasteiger partial charge in [0, 0.05) is 6.61 Å². The lowest BCUT2D eigenvalue weighted by Gasteiger charge is -2.27. The Balaban J connectivity index is 1.81. The predicted octanol–water partition coefficient (Wildman–Crippen LogP) is -1.37. The summed E-state index contributed by atoms with van der Waals surface area (Å²) in [5, 5.41) is 59.0.